The molecule has 1 aromatic rings. The Morgan fingerprint density at radius 1 is 1.40 bits per heavy atom. The first-order chi connectivity index (χ1) is 7.09. The summed E-state index contributed by atoms with van der Waals surface area (Å²) in [6.45, 7) is 1.63. The Labute approximate surface area is 98.4 Å². The van der Waals surface area contributed by atoms with E-state index in [1.54, 1.807) is 18.2 Å². The third-order valence-corrected chi connectivity index (χ3v) is 2.38. The molecule has 0 fully saturated rings. The molecule has 0 aliphatic heterocycles. The van der Waals surface area contributed by atoms with Crippen LogP contribution in [-0.4, -0.2) is 12.6 Å². The smallest absolute Gasteiger partial charge is 0.302 e. The molecule has 4 heteroatoms. The van der Waals surface area contributed by atoms with Gasteiger partial charge in [-0.2, -0.15) is 0 Å². The highest BCUT2D eigenvalue weighted by Crippen LogP contribution is 2.22. The predicted molar refractivity (Wildman–Crippen MR) is 62.1 cm³/mol. The van der Waals surface area contributed by atoms with Gasteiger partial charge in [-0.05, 0) is 23.8 Å². The van der Waals surface area contributed by atoms with Crippen LogP contribution in [0.25, 0.3) is 6.08 Å². The highest BCUT2D eigenvalue weighted by Gasteiger charge is 1.96. The van der Waals surface area contributed by atoms with Gasteiger partial charge >= 0.3 is 5.97 Å². The van der Waals surface area contributed by atoms with Crippen molar-refractivity contribution in [3.63, 3.8) is 0 Å². The highest BCUT2D eigenvalue weighted by atomic mass is 35.5. The zero-order valence-electron chi connectivity index (χ0n) is 8.17. The van der Waals surface area contributed by atoms with Crippen molar-refractivity contribution >= 4 is 35.2 Å². The number of rotatable bonds is 3. The van der Waals surface area contributed by atoms with Crippen molar-refractivity contribution in [1.29, 1.82) is 0 Å². The van der Waals surface area contributed by atoms with Crippen LogP contribution >= 0.6 is 23.2 Å². The highest BCUT2D eigenvalue weighted by molar-refractivity contribution is 6.42. The largest absolute Gasteiger partial charge is 0.462 e. The number of carbonyl (C=O) groups excluding carboxylic acids is 1. The Morgan fingerprint density at radius 2 is 2.13 bits per heavy atom. The summed E-state index contributed by atoms with van der Waals surface area (Å²) in [5.74, 6) is -0.297. The number of hydrogen-bond donors (Lipinski definition) is 0. The van der Waals surface area contributed by atoms with Gasteiger partial charge in [0.2, 0.25) is 0 Å². The maximum Gasteiger partial charge on any atom is 0.302 e. The number of esters is 1. The summed E-state index contributed by atoms with van der Waals surface area (Å²) < 4.78 is 4.73. The van der Waals surface area contributed by atoms with E-state index in [0.29, 0.717) is 10.0 Å². The van der Waals surface area contributed by atoms with Crippen LogP contribution in [-0.2, 0) is 9.53 Å². The van der Waals surface area contributed by atoms with Crippen molar-refractivity contribution in [3.05, 3.63) is 39.9 Å². The zero-order chi connectivity index (χ0) is 11.3. The second-order valence-electron chi connectivity index (χ2n) is 2.88. The molecule has 15 heavy (non-hydrogen) atoms. The molecule has 0 saturated carbocycles. The van der Waals surface area contributed by atoms with Gasteiger partial charge in [0.05, 0.1) is 10.0 Å². The van der Waals surface area contributed by atoms with Gasteiger partial charge in [0, 0.05) is 6.92 Å². The molecule has 0 saturated heterocycles. The lowest BCUT2D eigenvalue weighted by Gasteiger charge is -1.98. The zero-order valence-corrected chi connectivity index (χ0v) is 9.68. The van der Waals surface area contributed by atoms with E-state index in [9.17, 15) is 4.79 Å². The minimum atomic E-state index is -0.297. The van der Waals surface area contributed by atoms with Crippen LogP contribution in [0.15, 0.2) is 24.3 Å². The summed E-state index contributed by atoms with van der Waals surface area (Å²) in [4.78, 5) is 10.5. The quantitative estimate of drug-likeness (QED) is 0.761. The molecule has 1 rings (SSSR count). The van der Waals surface area contributed by atoms with E-state index in [1.807, 2.05) is 12.1 Å². The van der Waals surface area contributed by atoms with Gasteiger partial charge in [-0.3, -0.25) is 4.79 Å². The van der Waals surface area contributed by atoms with E-state index >= 15 is 0 Å². The SMILES string of the molecule is CC(=O)OC/C=C/c1ccc(Cl)c(Cl)c1. The Hall–Kier alpha value is -0.990. The Bertz CT molecular complexity index is 386. The predicted octanol–water partition coefficient (Wildman–Crippen LogP) is 3.57. The average molecular weight is 245 g/mol. The fraction of sp³-hybridized carbons (Fsp3) is 0.182. The van der Waals surface area contributed by atoms with Crippen molar-refractivity contribution < 1.29 is 9.53 Å². The van der Waals surface area contributed by atoms with Crippen LogP contribution in [0.5, 0.6) is 0 Å². The average Bonchev–Trinajstić information content (AvgIpc) is 2.18. The molecule has 0 spiro atoms. The fourth-order valence-corrected chi connectivity index (χ4v) is 1.27. The lowest BCUT2D eigenvalue weighted by Crippen LogP contribution is -1.97. The number of carbonyl (C=O) groups is 1. The molecule has 2 nitrogen and oxygen atoms in total. The van der Waals surface area contributed by atoms with E-state index in [2.05, 4.69) is 0 Å². The monoisotopic (exact) mass is 244 g/mol. The van der Waals surface area contributed by atoms with E-state index in [0.717, 1.165) is 5.56 Å². The first-order valence-electron chi connectivity index (χ1n) is 4.34. The molecule has 1 aromatic carbocycles. The van der Waals surface area contributed by atoms with Gasteiger partial charge in [-0.15, -0.1) is 0 Å². The number of ether oxygens (including phenoxy) is 1. The molecule has 0 aromatic heterocycles. The third-order valence-electron chi connectivity index (χ3n) is 1.64. The summed E-state index contributed by atoms with van der Waals surface area (Å²) in [5.41, 5.74) is 0.913. The molecular weight excluding hydrogens is 235 g/mol. The summed E-state index contributed by atoms with van der Waals surface area (Å²) in [6, 6.07) is 5.29. The number of hydrogen-bond acceptors (Lipinski definition) is 2. The minimum Gasteiger partial charge on any atom is -0.462 e. The van der Waals surface area contributed by atoms with Crippen LogP contribution in [0.3, 0.4) is 0 Å². The van der Waals surface area contributed by atoms with Crippen molar-refractivity contribution in [3.8, 4) is 0 Å². The Kier molecular flexibility index (Phi) is 4.66. The normalized spacial score (nSPS) is 10.6. The molecule has 0 aliphatic rings. The van der Waals surface area contributed by atoms with Crippen molar-refractivity contribution in [1.82, 2.24) is 0 Å². The second-order valence-corrected chi connectivity index (χ2v) is 3.69. The summed E-state index contributed by atoms with van der Waals surface area (Å²) in [6.07, 6.45) is 3.55. The van der Waals surface area contributed by atoms with Crippen LogP contribution in [0, 0.1) is 0 Å². The Morgan fingerprint density at radius 3 is 2.73 bits per heavy atom. The van der Waals surface area contributed by atoms with Crippen LogP contribution in [0.2, 0.25) is 10.0 Å². The van der Waals surface area contributed by atoms with Crippen molar-refractivity contribution in [2.75, 3.05) is 6.61 Å². The van der Waals surface area contributed by atoms with Crippen LogP contribution < -0.4 is 0 Å². The molecule has 80 valence electrons. The first-order valence-corrected chi connectivity index (χ1v) is 5.10. The number of halogens is 2. The van der Waals surface area contributed by atoms with Crippen LogP contribution in [0.1, 0.15) is 12.5 Å². The molecule has 0 N–H and O–H groups in total. The number of benzene rings is 1. The van der Waals surface area contributed by atoms with Gasteiger partial charge in [-0.1, -0.05) is 35.3 Å². The maximum absolute atomic E-state index is 10.5. The summed E-state index contributed by atoms with van der Waals surface area (Å²) in [7, 11) is 0. The molecular formula is C11H10Cl2O2. The summed E-state index contributed by atoms with van der Waals surface area (Å²) >= 11 is 11.6. The van der Waals surface area contributed by atoms with E-state index < -0.39 is 0 Å². The molecule has 0 heterocycles. The fourth-order valence-electron chi connectivity index (χ4n) is 0.966. The minimum absolute atomic E-state index is 0.260. The third kappa shape index (κ3) is 4.36. The van der Waals surface area contributed by atoms with Crippen LogP contribution in [0.4, 0.5) is 0 Å². The molecule has 0 amide bonds. The Balaban J connectivity index is 2.57. The lowest BCUT2D eigenvalue weighted by atomic mass is 10.2. The van der Waals surface area contributed by atoms with E-state index in [4.69, 9.17) is 27.9 Å². The molecule has 0 unspecified atom stereocenters. The van der Waals surface area contributed by atoms with E-state index in [-0.39, 0.29) is 12.6 Å². The van der Waals surface area contributed by atoms with Gasteiger partial charge in [0.1, 0.15) is 6.61 Å². The van der Waals surface area contributed by atoms with Crippen molar-refractivity contribution in [2.24, 2.45) is 0 Å². The second kappa shape index (κ2) is 5.79. The topological polar surface area (TPSA) is 26.3 Å². The molecule has 0 aliphatic carbocycles. The standard InChI is InChI=1S/C11H10Cl2O2/c1-8(14)15-6-2-3-9-4-5-10(12)11(13)7-9/h2-5,7H,6H2,1H3/b3-2+. The maximum atomic E-state index is 10.5. The lowest BCUT2D eigenvalue weighted by molar-refractivity contribution is -0.139. The van der Waals surface area contributed by atoms with Gasteiger partial charge in [-0.25, -0.2) is 0 Å². The molecule has 0 bridgehead atoms. The molecule has 0 radical (unpaired) electrons. The van der Waals surface area contributed by atoms with E-state index in [1.165, 1.54) is 6.92 Å². The van der Waals surface area contributed by atoms with Gasteiger partial charge < -0.3 is 4.74 Å². The first kappa shape index (κ1) is 12.1. The molecule has 0 atom stereocenters. The van der Waals surface area contributed by atoms with Gasteiger partial charge in [0.15, 0.2) is 0 Å². The van der Waals surface area contributed by atoms with Crippen molar-refractivity contribution in [2.45, 2.75) is 6.92 Å². The summed E-state index contributed by atoms with van der Waals surface area (Å²) in [5, 5.41) is 1.03. The van der Waals surface area contributed by atoms with Gasteiger partial charge in [0.25, 0.3) is 0 Å².